The third-order valence-electron chi connectivity index (χ3n) is 4.25. The Kier molecular flexibility index (Phi) is 4.62. The molecule has 8 heteroatoms. The van der Waals surface area contributed by atoms with Gasteiger partial charge in [-0.3, -0.25) is 4.79 Å². The Morgan fingerprint density at radius 3 is 2.75 bits per heavy atom. The van der Waals surface area contributed by atoms with Gasteiger partial charge in [0.1, 0.15) is 5.75 Å². The Bertz CT molecular complexity index is 832. The second-order valence-corrected chi connectivity index (χ2v) is 8.33. The fraction of sp³-hybridized carbons (Fsp3) is 0.312. The quantitative estimate of drug-likeness (QED) is 0.876. The van der Waals surface area contributed by atoms with Crippen molar-refractivity contribution >= 4 is 27.3 Å². The average molecular weight is 367 g/mol. The van der Waals surface area contributed by atoms with Gasteiger partial charge in [-0.1, -0.05) is 6.07 Å². The van der Waals surface area contributed by atoms with E-state index >= 15 is 0 Å². The number of carbonyl (C=O) groups is 1. The summed E-state index contributed by atoms with van der Waals surface area (Å²) < 4.78 is 32.1. The summed E-state index contributed by atoms with van der Waals surface area (Å²) in [6, 6.07) is 8.06. The maximum atomic E-state index is 12.9. The van der Waals surface area contributed by atoms with E-state index in [0.717, 1.165) is 5.56 Å². The van der Waals surface area contributed by atoms with Gasteiger partial charge >= 0.3 is 5.97 Å². The number of carboxylic acids is 1. The summed E-state index contributed by atoms with van der Waals surface area (Å²) in [6.45, 7) is 0.128. The summed E-state index contributed by atoms with van der Waals surface area (Å²) in [6.07, 6.45) is 0. The van der Waals surface area contributed by atoms with Gasteiger partial charge in [0.15, 0.2) is 0 Å². The zero-order chi connectivity index (χ0) is 17.3. The van der Waals surface area contributed by atoms with Crippen LogP contribution < -0.4 is 4.74 Å². The Balaban J connectivity index is 1.93. The van der Waals surface area contributed by atoms with Crippen molar-refractivity contribution in [3.8, 4) is 5.75 Å². The number of methoxy groups -OCH3 is 1. The van der Waals surface area contributed by atoms with E-state index in [2.05, 4.69) is 0 Å². The molecular weight excluding hydrogens is 350 g/mol. The molecule has 1 aromatic heterocycles. The first kappa shape index (κ1) is 16.9. The van der Waals surface area contributed by atoms with Crippen LogP contribution in [0.15, 0.2) is 46.0 Å². The van der Waals surface area contributed by atoms with Gasteiger partial charge in [-0.05, 0) is 34.5 Å². The van der Waals surface area contributed by atoms with Gasteiger partial charge in [0, 0.05) is 25.1 Å². The lowest BCUT2D eigenvalue weighted by atomic mass is 9.91. The largest absolute Gasteiger partial charge is 0.497 e. The molecule has 0 amide bonds. The normalized spacial score (nSPS) is 21.7. The molecule has 1 aliphatic rings. The zero-order valence-electron chi connectivity index (χ0n) is 13.0. The molecule has 1 fully saturated rings. The average Bonchev–Trinajstić information content (AvgIpc) is 3.24. The molecule has 0 aliphatic carbocycles. The summed E-state index contributed by atoms with van der Waals surface area (Å²) in [5.41, 5.74) is 0.871. The van der Waals surface area contributed by atoms with Crippen molar-refractivity contribution in [3.63, 3.8) is 0 Å². The second kappa shape index (κ2) is 6.54. The predicted octanol–water partition coefficient (Wildman–Crippen LogP) is 2.25. The molecule has 1 saturated heterocycles. The highest BCUT2D eigenvalue weighted by Crippen LogP contribution is 2.37. The first-order valence-electron chi connectivity index (χ1n) is 7.32. The lowest BCUT2D eigenvalue weighted by molar-refractivity contribution is -0.141. The van der Waals surface area contributed by atoms with Gasteiger partial charge in [0.2, 0.25) is 10.0 Å². The summed E-state index contributed by atoms with van der Waals surface area (Å²) >= 11 is 1.47. The molecule has 24 heavy (non-hydrogen) atoms. The molecule has 6 nitrogen and oxygen atoms in total. The van der Waals surface area contributed by atoms with Crippen molar-refractivity contribution in [1.29, 1.82) is 0 Å². The van der Waals surface area contributed by atoms with Gasteiger partial charge in [-0.15, -0.1) is 0 Å². The van der Waals surface area contributed by atoms with Crippen LogP contribution in [0.5, 0.6) is 5.75 Å². The SMILES string of the molecule is COc1cccc(S(=O)(=O)N2CC(C(=O)O)C(c3ccsc3)C2)c1. The Morgan fingerprint density at radius 1 is 1.33 bits per heavy atom. The van der Waals surface area contributed by atoms with E-state index in [1.165, 1.54) is 34.9 Å². The molecule has 2 unspecified atom stereocenters. The van der Waals surface area contributed by atoms with Crippen LogP contribution in [0.1, 0.15) is 11.5 Å². The first-order chi connectivity index (χ1) is 11.4. The molecule has 1 N–H and O–H groups in total. The molecule has 128 valence electrons. The van der Waals surface area contributed by atoms with Crippen molar-refractivity contribution in [1.82, 2.24) is 4.31 Å². The van der Waals surface area contributed by atoms with Gasteiger partial charge in [0.25, 0.3) is 0 Å². The summed E-state index contributed by atoms with van der Waals surface area (Å²) in [5.74, 6) is -1.62. The molecular formula is C16H17NO5S2. The number of benzene rings is 1. The number of aliphatic carboxylic acids is 1. The van der Waals surface area contributed by atoms with Crippen LogP contribution in [-0.2, 0) is 14.8 Å². The summed E-state index contributed by atoms with van der Waals surface area (Å²) in [7, 11) is -2.30. The molecule has 1 aromatic carbocycles. The first-order valence-corrected chi connectivity index (χ1v) is 9.71. The minimum Gasteiger partial charge on any atom is -0.497 e. The summed E-state index contributed by atoms with van der Waals surface area (Å²) in [5, 5.41) is 13.2. The molecule has 2 heterocycles. The highest BCUT2D eigenvalue weighted by atomic mass is 32.2. The highest BCUT2D eigenvalue weighted by Gasteiger charge is 2.43. The van der Waals surface area contributed by atoms with Crippen LogP contribution in [0, 0.1) is 5.92 Å². The number of nitrogens with zero attached hydrogens (tertiary/aromatic N) is 1. The zero-order valence-corrected chi connectivity index (χ0v) is 14.6. The molecule has 0 spiro atoms. The molecule has 0 bridgehead atoms. The number of hydrogen-bond donors (Lipinski definition) is 1. The van der Waals surface area contributed by atoms with Crippen molar-refractivity contribution in [2.24, 2.45) is 5.92 Å². The third-order valence-corrected chi connectivity index (χ3v) is 6.78. The van der Waals surface area contributed by atoms with Gasteiger partial charge in [0.05, 0.1) is 17.9 Å². The van der Waals surface area contributed by atoms with Crippen molar-refractivity contribution in [3.05, 3.63) is 46.7 Å². The molecule has 0 radical (unpaired) electrons. The molecule has 3 rings (SSSR count). The lowest BCUT2D eigenvalue weighted by Gasteiger charge is -2.16. The maximum Gasteiger partial charge on any atom is 0.308 e. The molecule has 2 atom stereocenters. The van der Waals surface area contributed by atoms with E-state index in [1.807, 2.05) is 16.8 Å². The van der Waals surface area contributed by atoms with Crippen LogP contribution in [0.4, 0.5) is 0 Å². The second-order valence-electron chi connectivity index (χ2n) is 5.61. The standard InChI is InChI=1S/C16H17NO5S2/c1-22-12-3-2-4-13(7-12)24(20,21)17-8-14(11-5-6-23-10-11)15(9-17)16(18)19/h2-7,10,14-15H,8-9H2,1H3,(H,18,19). The van der Waals surface area contributed by atoms with Crippen LogP contribution in [0.25, 0.3) is 0 Å². The topological polar surface area (TPSA) is 83.9 Å². The van der Waals surface area contributed by atoms with E-state index in [9.17, 15) is 18.3 Å². The molecule has 0 saturated carbocycles. The highest BCUT2D eigenvalue weighted by molar-refractivity contribution is 7.89. The smallest absolute Gasteiger partial charge is 0.308 e. The fourth-order valence-corrected chi connectivity index (χ4v) is 5.20. The molecule has 1 aliphatic heterocycles. The predicted molar refractivity (Wildman–Crippen MR) is 89.9 cm³/mol. The van der Waals surface area contributed by atoms with Crippen molar-refractivity contribution in [2.75, 3.05) is 20.2 Å². The van der Waals surface area contributed by atoms with Gasteiger partial charge in [-0.2, -0.15) is 15.6 Å². The van der Waals surface area contributed by atoms with Crippen LogP contribution in [0.2, 0.25) is 0 Å². The van der Waals surface area contributed by atoms with E-state index in [4.69, 9.17) is 4.74 Å². The van der Waals surface area contributed by atoms with E-state index < -0.39 is 21.9 Å². The van der Waals surface area contributed by atoms with Gasteiger partial charge in [-0.25, -0.2) is 8.42 Å². The van der Waals surface area contributed by atoms with Crippen molar-refractivity contribution in [2.45, 2.75) is 10.8 Å². The van der Waals surface area contributed by atoms with Crippen LogP contribution >= 0.6 is 11.3 Å². The van der Waals surface area contributed by atoms with E-state index in [1.54, 1.807) is 12.1 Å². The third kappa shape index (κ3) is 3.04. The van der Waals surface area contributed by atoms with E-state index in [-0.39, 0.29) is 23.9 Å². The monoisotopic (exact) mass is 367 g/mol. The summed E-state index contributed by atoms with van der Waals surface area (Å²) in [4.78, 5) is 11.7. The molecule has 2 aromatic rings. The number of thiophene rings is 1. The number of hydrogen-bond acceptors (Lipinski definition) is 5. The van der Waals surface area contributed by atoms with Crippen LogP contribution in [-0.4, -0.2) is 44.0 Å². The lowest BCUT2D eigenvalue weighted by Crippen LogP contribution is -2.30. The number of sulfonamides is 1. The number of ether oxygens (including phenoxy) is 1. The van der Waals surface area contributed by atoms with Gasteiger partial charge < -0.3 is 9.84 Å². The minimum absolute atomic E-state index is 0.0324. The minimum atomic E-state index is -3.77. The fourth-order valence-electron chi connectivity index (χ4n) is 2.95. The van der Waals surface area contributed by atoms with Crippen LogP contribution in [0.3, 0.4) is 0 Å². The Hall–Kier alpha value is -1.90. The Morgan fingerprint density at radius 2 is 2.12 bits per heavy atom. The van der Waals surface area contributed by atoms with E-state index in [0.29, 0.717) is 5.75 Å². The maximum absolute atomic E-state index is 12.9. The van der Waals surface area contributed by atoms with Crippen molar-refractivity contribution < 1.29 is 23.1 Å². The number of carboxylic acid groups (broad SMARTS) is 1. The number of rotatable bonds is 5. The Labute approximate surface area is 144 Å².